The van der Waals surface area contributed by atoms with Gasteiger partial charge in [-0.2, -0.15) is 5.26 Å². The van der Waals surface area contributed by atoms with Crippen LogP contribution in [0.2, 0.25) is 0 Å². The smallest absolute Gasteiger partial charge is 0.408 e. The molecule has 0 saturated carbocycles. The van der Waals surface area contributed by atoms with Crippen LogP contribution >= 0.6 is 0 Å². The summed E-state index contributed by atoms with van der Waals surface area (Å²) in [6, 6.07) is 12.8. The van der Waals surface area contributed by atoms with Gasteiger partial charge in [-0.25, -0.2) is 21.6 Å². The predicted octanol–water partition coefficient (Wildman–Crippen LogP) is 3.35. The van der Waals surface area contributed by atoms with E-state index in [1.807, 2.05) is 6.07 Å². The minimum atomic E-state index is -4.27. The summed E-state index contributed by atoms with van der Waals surface area (Å²) in [4.78, 5) is 12.0. The van der Waals surface area contributed by atoms with Gasteiger partial charge in [0.05, 0.1) is 27.2 Å². The molecule has 1 unspecified atom stereocenters. The minimum absolute atomic E-state index is 0.0453. The number of ether oxygens (including phenoxy) is 1. The van der Waals surface area contributed by atoms with Crippen molar-refractivity contribution >= 4 is 25.8 Å². The Labute approximate surface area is 182 Å². The lowest BCUT2D eigenvalue weighted by Gasteiger charge is -2.25. The van der Waals surface area contributed by atoms with Crippen LogP contribution in [0.1, 0.15) is 44.2 Å². The molecule has 2 rings (SSSR count). The van der Waals surface area contributed by atoms with Gasteiger partial charge >= 0.3 is 6.09 Å². The maximum absolute atomic E-state index is 13.4. The van der Waals surface area contributed by atoms with Crippen molar-refractivity contribution in [3.63, 3.8) is 0 Å². The van der Waals surface area contributed by atoms with Crippen LogP contribution in [0.5, 0.6) is 0 Å². The number of amides is 1. The number of rotatable bonds is 6. The predicted molar refractivity (Wildman–Crippen MR) is 115 cm³/mol. The first-order valence-electron chi connectivity index (χ1n) is 9.37. The van der Waals surface area contributed by atoms with Crippen molar-refractivity contribution in [2.24, 2.45) is 0 Å². The zero-order chi connectivity index (χ0) is 23.4. The molecule has 8 nitrogen and oxygen atoms in total. The van der Waals surface area contributed by atoms with Gasteiger partial charge in [0.15, 0.2) is 15.2 Å². The van der Waals surface area contributed by atoms with Crippen LogP contribution in [-0.4, -0.2) is 34.3 Å². The van der Waals surface area contributed by atoms with Crippen molar-refractivity contribution in [3.8, 4) is 6.07 Å². The number of nitrogens with one attached hydrogen (secondary N) is 1. The minimum Gasteiger partial charge on any atom is -0.444 e. The Morgan fingerprint density at radius 1 is 1.10 bits per heavy atom. The molecule has 0 aliphatic carbocycles. The van der Waals surface area contributed by atoms with E-state index in [1.54, 1.807) is 26.8 Å². The van der Waals surface area contributed by atoms with Gasteiger partial charge < -0.3 is 10.1 Å². The standard InChI is InChI=1S/C21H24N2O6S2/c1-5-30(25,26)18-13-15(14-22)11-12-17(18)19(23-20(24)29-21(2,3)4)31(27,28)16-9-7-6-8-10-16/h6-13,19H,5H2,1-4H3,(H,23,24). The highest BCUT2D eigenvalue weighted by Crippen LogP contribution is 2.32. The maximum atomic E-state index is 13.4. The zero-order valence-electron chi connectivity index (χ0n) is 17.6. The van der Waals surface area contributed by atoms with Crippen LogP contribution < -0.4 is 5.32 Å². The molecule has 0 radical (unpaired) electrons. The summed E-state index contributed by atoms with van der Waals surface area (Å²) >= 11 is 0. The molecule has 0 heterocycles. The normalized spacial score (nSPS) is 13.1. The molecule has 10 heteroatoms. The van der Waals surface area contributed by atoms with Crippen LogP contribution in [0, 0.1) is 11.3 Å². The molecule has 0 bridgehead atoms. The Balaban J connectivity index is 2.75. The van der Waals surface area contributed by atoms with Gasteiger partial charge in [-0.15, -0.1) is 0 Å². The lowest BCUT2D eigenvalue weighted by molar-refractivity contribution is 0.0518. The molecule has 0 fully saturated rings. The summed E-state index contributed by atoms with van der Waals surface area (Å²) in [5.74, 6) is -0.320. The summed E-state index contributed by atoms with van der Waals surface area (Å²) in [6.45, 7) is 6.24. The first kappa shape index (κ1) is 24.4. The average molecular weight is 465 g/mol. The third kappa shape index (κ3) is 5.83. The van der Waals surface area contributed by atoms with Gasteiger partial charge in [0.1, 0.15) is 5.60 Å². The summed E-state index contributed by atoms with van der Waals surface area (Å²) < 4.78 is 57.5. The van der Waals surface area contributed by atoms with E-state index >= 15 is 0 Å². The fraction of sp³-hybridized carbons (Fsp3) is 0.333. The molecule has 2 aromatic carbocycles. The molecule has 31 heavy (non-hydrogen) atoms. The first-order valence-corrected chi connectivity index (χ1v) is 12.6. The average Bonchev–Trinajstić information content (AvgIpc) is 2.71. The van der Waals surface area contributed by atoms with Gasteiger partial charge in [-0.3, -0.25) is 0 Å². The third-order valence-electron chi connectivity index (χ3n) is 4.17. The Morgan fingerprint density at radius 3 is 2.23 bits per heavy atom. The highest BCUT2D eigenvalue weighted by Gasteiger charge is 2.36. The number of nitriles is 1. The van der Waals surface area contributed by atoms with Crippen LogP contribution in [0.25, 0.3) is 0 Å². The Bertz CT molecular complexity index is 1210. The molecule has 0 aliphatic rings. The number of carbonyl (C=O) groups excluding carboxylic acids is 1. The monoisotopic (exact) mass is 464 g/mol. The van der Waals surface area contributed by atoms with Crippen molar-refractivity contribution in [3.05, 3.63) is 59.7 Å². The second-order valence-electron chi connectivity index (χ2n) is 7.65. The van der Waals surface area contributed by atoms with Gasteiger partial charge in [0.25, 0.3) is 0 Å². The van der Waals surface area contributed by atoms with Crippen molar-refractivity contribution in [1.29, 1.82) is 5.26 Å². The van der Waals surface area contributed by atoms with E-state index in [9.17, 15) is 26.9 Å². The molecule has 0 saturated heterocycles. The Kier molecular flexibility index (Phi) is 7.14. The number of hydrogen-bond acceptors (Lipinski definition) is 7. The lowest BCUT2D eigenvalue weighted by atomic mass is 10.1. The maximum Gasteiger partial charge on any atom is 0.408 e. The van der Waals surface area contributed by atoms with E-state index in [2.05, 4.69) is 5.32 Å². The van der Waals surface area contributed by atoms with Crippen molar-refractivity contribution in [2.45, 2.75) is 48.5 Å². The molecule has 0 aromatic heterocycles. The highest BCUT2D eigenvalue weighted by molar-refractivity contribution is 7.92. The molecular weight excluding hydrogens is 440 g/mol. The van der Waals surface area contributed by atoms with Crippen LogP contribution in [-0.2, 0) is 24.4 Å². The molecule has 0 spiro atoms. The van der Waals surface area contributed by atoms with E-state index in [-0.39, 0.29) is 26.7 Å². The molecule has 1 N–H and O–H groups in total. The quantitative estimate of drug-likeness (QED) is 0.693. The molecule has 2 aromatic rings. The van der Waals surface area contributed by atoms with E-state index < -0.39 is 36.7 Å². The number of nitrogens with zero attached hydrogens (tertiary/aromatic N) is 1. The summed E-state index contributed by atoms with van der Waals surface area (Å²) in [5.41, 5.74) is -1.03. The molecule has 1 amide bonds. The highest BCUT2D eigenvalue weighted by atomic mass is 32.2. The van der Waals surface area contributed by atoms with Crippen molar-refractivity contribution in [2.75, 3.05) is 5.75 Å². The number of alkyl carbamates (subject to hydrolysis) is 1. The Hall–Kier alpha value is -2.90. The van der Waals surface area contributed by atoms with Gasteiger partial charge in [0.2, 0.25) is 9.84 Å². The van der Waals surface area contributed by atoms with Crippen LogP contribution in [0.3, 0.4) is 0 Å². The van der Waals surface area contributed by atoms with E-state index in [1.165, 1.54) is 43.3 Å². The van der Waals surface area contributed by atoms with Gasteiger partial charge in [-0.1, -0.05) is 31.2 Å². The second-order valence-corrected chi connectivity index (χ2v) is 11.9. The SMILES string of the molecule is CCS(=O)(=O)c1cc(C#N)ccc1C(NC(=O)OC(C)(C)C)S(=O)(=O)c1ccccc1. The number of sulfone groups is 2. The third-order valence-corrected chi connectivity index (χ3v) is 7.88. The van der Waals surface area contributed by atoms with Gasteiger partial charge in [0, 0.05) is 5.56 Å². The first-order chi connectivity index (χ1) is 14.3. The number of carbonyl (C=O) groups is 1. The molecule has 0 aliphatic heterocycles. The molecule has 1 atom stereocenters. The van der Waals surface area contributed by atoms with E-state index in [0.29, 0.717) is 0 Å². The zero-order valence-corrected chi connectivity index (χ0v) is 19.2. The number of hydrogen-bond donors (Lipinski definition) is 1. The molecule has 166 valence electrons. The summed E-state index contributed by atoms with van der Waals surface area (Å²) in [5, 5.41) is 9.74. The largest absolute Gasteiger partial charge is 0.444 e. The van der Waals surface area contributed by atoms with E-state index in [4.69, 9.17) is 4.74 Å². The fourth-order valence-electron chi connectivity index (χ4n) is 2.73. The van der Waals surface area contributed by atoms with Crippen molar-refractivity contribution in [1.82, 2.24) is 5.32 Å². The van der Waals surface area contributed by atoms with E-state index in [0.717, 1.165) is 6.07 Å². The van der Waals surface area contributed by atoms with Crippen LogP contribution in [0.15, 0.2) is 58.3 Å². The lowest BCUT2D eigenvalue weighted by Crippen LogP contribution is -2.38. The molecular formula is C21H24N2O6S2. The van der Waals surface area contributed by atoms with Crippen molar-refractivity contribution < 1.29 is 26.4 Å². The second kappa shape index (κ2) is 9.08. The Morgan fingerprint density at radius 2 is 1.71 bits per heavy atom. The fourth-order valence-corrected chi connectivity index (χ4v) is 5.57. The van der Waals surface area contributed by atoms with Gasteiger partial charge in [-0.05, 0) is 45.0 Å². The summed E-state index contributed by atoms with van der Waals surface area (Å²) in [7, 11) is -8.20. The topological polar surface area (TPSA) is 130 Å². The summed E-state index contributed by atoms with van der Waals surface area (Å²) in [6.07, 6.45) is -1.03. The van der Waals surface area contributed by atoms with Crippen LogP contribution in [0.4, 0.5) is 4.79 Å². The number of benzene rings is 2.